The molecule has 8 aromatic heterocycles. The average Bonchev–Trinajstić information content (AvgIpc) is 1.66. The average molecular weight is 2230 g/mol. The second-order valence-corrected chi connectivity index (χ2v) is 49.6. The first kappa shape index (κ1) is 108. The number of fused-ring (bicyclic) bond motifs is 4. The molecule has 22 rings (SSSR count). The van der Waals surface area contributed by atoms with E-state index in [1.54, 1.807) is 59.0 Å². The molecule has 0 bridgehead atoms. The van der Waals surface area contributed by atoms with Gasteiger partial charge in [-0.15, -0.1) is 0 Å². The first-order chi connectivity index (χ1) is 71.6. The Kier molecular flexibility index (Phi) is 34.1. The minimum atomic E-state index is -3.14. The van der Waals surface area contributed by atoms with Crippen molar-refractivity contribution in [3.8, 4) is 12.1 Å². The molecule has 0 aliphatic carbocycles. The van der Waals surface area contributed by atoms with Crippen LogP contribution in [0.4, 0.5) is 23.3 Å². The van der Waals surface area contributed by atoms with Crippen molar-refractivity contribution in [2.45, 2.75) is 162 Å². The van der Waals surface area contributed by atoms with E-state index in [-0.39, 0.29) is 41.5 Å². The molecule has 12 aromatic rings. The van der Waals surface area contributed by atoms with E-state index in [2.05, 4.69) is 95.4 Å². The Morgan fingerprint density at radius 2 is 0.732 bits per heavy atom. The number of hydrogen-bond acceptors (Lipinski definition) is 28. The fourth-order valence-corrected chi connectivity index (χ4v) is 27.7. The number of aryl methyl sites for hydroxylation is 2. The van der Waals surface area contributed by atoms with E-state index >= 15 is 0 Å². The Balaban J connectivity index is 0.000000125. The Morgan fingerprint density at radius 3 is 1.06 bits per heavy atom. The standard InChI is InChI=1S/C27H31Cl2N7O2S.C27H31Cl2N7O.C26H33Cl2N7O.C25H33Cl2N7O2S/c1-17(22-5-4-20(28)11-23(22)29)36-27-26(24(12-30)33-36)31-13-25(32-27)35-15-19(16-35)18-3-2-8-34(14-18)21-6-9-39(37,38)10-7-21;1-17(22-5-4-20(28)11-23(22)29)36-27-26(24(12-30)33-36)31-13-25(32-27)35-15-19(16-35)18-3-2-8-34(14-18)21-6-9-37-10-7-21;1-16-25-26(35(32-16)17(2)22-7-6-21(27)11-23(22)28)31-24(12-30-25)34-14-20(15-34)19-5-4-9-33(13-19)10-8-29-18(3)36;1-16-24-25(34(31-16)17(2)21-7-6-20(26)11-22(21)27)30-23(12-28-24)33-14-19(15-33)18-5-4-9-32(13-18)10-8-29-37(3,35)36/h4-5,11,13,17-19,21H,2-3,6-10,14-16H2,1H3;4-5,11,13,17-19,21H,2-3,6-10,14-16H2,1H3;6-7,11-12,17,19-20H,4-5,8-10,13-15H2,1-3H3,(H,29,36);6-7,11-12,17-19,29H,4-5,8-10,13-15H2,1-3H3. The van der Waals surface area contributed by atoms with Crippen LogP contribution in [0.25, 0.3) is 44.7 Å². The van der Waals surface area contributed by atoms with Gasteiger partial charge in [0.2, 0.25) is 15.9 Å². The number of ether oxygens (including phenoxy) is 1. The van der Waals surface area contributed by atoms with Gasteiger partial charge in [-0.3, -0.25) is 9.69 Å². The number of carbonyl (C=O) groups is 1. The maximum absolute atomic E-state index is 11.9. The van der Waals surface area contributed by atoms with Crippen molar-refractivity contribution in [2.24, 2.45) is 47.3 Å². The molecule has 18 heterocycles. The highest BCUT2D eigenvalue weighted by Gasteiger charge is 2.44. The first-order valence-corrected chi connectivity index (χ1v) is 58.8. The third kappa shape index (κ3) is 24.7. The number of amides is 1. The summed E-state index contributed by atoms with van der Waals surface area (Å²) in [6, 6.07) is 26.5. The van der Waals surface area contributed by atoms with E-state index in [1.165, 1.54) is 57.9 Å². The van der Waals surface area contributed by atoms with Crippen LogP contribution in [0, 0.1) is 83.9 Å². The molecule has 0 saturated carbocycles. The lowest BCUT2D eigenvalue weighted by atomic mass is 9.80. The molecule has 34 nitrogen and oxygen atoms in total. The van der Waals surface area contributed by atoms with E-state index in [1.807, 2.05) is 91.9 Å². The normalized spacial score (nSPS) is 21.6. The van der Waals surface area contributed by atoms with Gasteiger partial charge in [0.25, 0.3) is 0 Å². The Morgan fingerprint density at radius 1 is 0.423 bits per heavy atom. The molecule has 1 amide bonds. The summed E-state index contributed by atoms with van der Waals surface area (Å²) in [5.41, 5.74) is 11.0. The van der Waals surface area contributed by atoms with E-state index in [4.69, 9.17) is 138 Å². The van der Waals surface area contributed by atoms with Crippen molar-refractivity contribution in [1.82, 2.24) is 109 Å². The summed E-state index contributed by atoms with van der Waals surface area (Å²) in [6.07, 6.45) is 22.1. The molecule has 4 aromatic carbocycles. The number of hydrogen-bond donors (Lipinski definition) is 2. The molecule has 10 saturated heterocycles. The summed E-state index contributed by atoms with van der Waals surface area (Å²) < 4.78 is 61.9. The largest absolute Gasteiger partial charge is 0.381 e. The molecule has 10 fully saturated rings. The lowest BCUT2D eigenvalue weighted by molar-refractivity contribution is -0.119. The number of carbonyl (C=O) groups excluding carboxylic acids is 1. The number of likely N-dealkylation sites (tertiary alicyclic amines) is 4. The van der Waals surface area contributed by atoms with Gasteiger partial charge >= 0.3 is 0 Å². The predicted octanol–water partition coefficient (Wildman–Crippen LogP) is 17.4. The highest BCUT2D eigenvalue weighted by molar-refractivity contribution is 7.91. The summed E-state index contributed by atoms with van der Waals surface area (Å²) in [5, 5.41) is 45.4. The zero-order valence-corrected chi connectivity index (χ0v) is 92.9. The Bertz CT molecular complexity index is 7190. The van der Waals surface area contributed by atoms with Gasteiger partial charge in [-0.05, 0) is 263 Å². The number of sulfone groups is 1. The van der Waals surface area contributed by atoms with E-state index in [9.17, 15) is 32.2 Å². The zero-order chi connectivity index (χ0) is 105. The maximum atomic E-state index is 11.9. The third-order valence-electron chi connectivity index (χ3n) is 32.2. The number of nitrogens with zero attached hydrogens (tertiary/aromatic N) is 26. The van der Waals surface area contributed by atoms with Crippen LogP contribution in [-0.4, -0.2) is 295 Å². The number of sulfonamides is 1. The van der Waals surface area contributed by atoms with Crippen LogP contribution in [0.2, 0.25) is 40.2 Å². The van der Waals surface area contributed by atoms with Gasteiger partial charge in [-0.1, -0.05) is 117 Å². The smallest absolute Gasteiger partial charge is 0.216 e. The van der Waals surface area contributed by atoms with Gasteiger partial charge in [0.1, 0.15) is 67.3 Å². The number of nitriles is 2. The highest BCUT2D eigenvalue weighted by atomic mass is 35.5. The van der Waals surface area contributed by atoms with Crippen molar-refractivity contribution >= 4 is 187 Å². The predicted molar refractivity (Wildman–Crippen MR) is 588 cm³/mol. The lowest BCUT2D eigenvalue weighted by Crippen LogP contribution is -2.55. The van der Waals surface area contributed by atoms with Crippen molar-refractivity contribution in [2.75, 3.05) is 181 Å². The molecular weight excluding hydrogens is 2100 g/mol. The van der Waals surface area contributed by atoms with Crippen LogP contribution in [0.1, 0.15) is 181 Å². The van der Waals surface area contributed by atoms with Gasteiger partial charge in [-0.2, -0.15) is 30.9 Å². The first-order valence-electron chi connectivity index (χ1n) is 52.1. The molecule has 44 heteroatoms. The molecule has 0 spiro atoms. The lowest BCUT2D eigenvalue weighted by Gasteiger charge is -2.48. The number of halogens is 8. The minimum absolute atomic E-state index is 0.0402. The quantitative estimate of drug-likeness (QED) is 0.0536. The SMILES string of the molecule is CC(=O)NCCN1CCCC(C2CN(c3cnc4c(C)nn(C(C)c5ccc(Cl)cc5Cl)c4n3)C2)C1.CC(c1ccc(Cl)cc1Cl)n1nc(C#N)c2ncc(N3CC(C4CCCN(C5CCOCC5)C4)C3)nc21.CC(c1ccc(Cl)cc1Cl)n1nc(C#N)c2ncc(N3CC(C4CCCN(C5CCS(=O)(=O)CC5)C4)C3)nc21.Cc1nn(C(C)c2ccc(Cl)cc2Cl)c2nc(N3CC(C4CCCN(CCNS(C)(=O)=O)C4)C3)cnc12. The van der Waals surface area contributed by atoms with Crippen LogP contribution in [0.5, 0.6) is 0 Å². The number of aromatic nitrogens is 16. The van der Waals surface area contributed by atoms with Crippen molar-refractivity contribution in [3.63, 3.8) is 0 Å². The molecule has 149 heavy (non-hydrogen) atoms. The van der Waals surface area contributed by atoms with Crippen LogP contribution >= 0.6 is 92.8 Å². The maximum Gasteiger partial charge on any atom is 0.216 e. The second kappa shape index (κ2) is 46.9. The summed E-state index contributed by atoms with van der Waals surface area (Å²) in [5.74, 6) is 9.19. The minimum Gasteiger partial charge on any atom is -0.381 e. The zero-order valence-electron chi connectivity index (χ0n) is 85.2. The molecule has 0 radical (unpaired) electrons. The van der Waals surface area contributed by atoms with Crippen LogP contribution in [0.3, 0.4) is 0 Å². The molecule has 8 unspecified atom stereocenters. The number of nitrogens with one attached hydrogen (secondary N) is 2. The highest BCUT2D eigenvalue weighted by Crippen LogP contribution is 2.44. The summed E-state index contributed by atoms with van der Waals surface area (Å²) in [4.78, 5) is 69.0. The number of rotatable bonds is 25. The van der Waals surface area contributed by atoms with Crippen molar-refractivity contribution in [1.29, 1.82) is 10.5 Å². The van der Waals surface area contributed by atoms with Gasteiger partial charge in [0.15, 0.2) is 34.0 Å². The summed E-state index contributed by atoms with van der Waals surface area (Å²) in [6.45, 7) is 34.7. The van der Waals surface area contributed by atoms with Gasteiger partial charge in [-0.25, -0.2) is 80.2 Å². The Hall–Kier alpha value is -9.29. The fraction of sp³-hybridized carbons (Fsp3) is 0.552. The van der Waals surface area contributed by atoms with Crippen LogP contribution in [0.15, 0.2) is 97.6 Å². The third-order valence-corrected chi connectivity index (χ3v) is 36.9. The summed E-state index contributed by atoms with van der Waals surface area (Å²) in [7, 11) is -5.99. The van der Waals surface area contributed by atoms with Gasteiger partial charge in [0.05, 0.1) is 78.1 Å². The molecular formula is C105H128Cl8N28O6S2. The second-order valence-electron chi connectivity index (χ2n) is 42.1. The van der Waals surface area contributed by atoms with Gasteiger partial charge < -0.3 is 44.4 Å². The van der Waals surface area contributed by atoms with E-state index in [0.29, 0.717) is 134 Å². The van der Waals surface area contributed by atoms with Crippen molar-refractivity contribution < 1.29 is 26.4 Å². The van der Waals surface area contributed by atoms with Crippen molar-refractivity contribution in [3.05, 3.63) is 183 Å². The Labute approximate surface area is 910 Å². The molecule has 8 atom stereocenters. The monoisotopic (exact) mass is 2220 g/mol. The molecule has 10 aliphatic rings. The fourth-order valence-electron chi connectivity index (χ4n) is 23.5. The topological polar surface area (TPSA) is 367 Å². The number of anilines is 4. The van der Waals surface area contributed by atoms with Gasteiger partial charge in [0, 0.05) is 177 Å². The van der Waals surface area contributed by atoms with E-state index < -0.39 is 19.9 Å². The number of benzene rings is 4. The van der Waals surface area contributed by atoms with Crippen LogP contribution < -0.4 is 29.6 Å². The summed E-state index contributed by atoms with van der Waals surface area (Å²) >= 11 is 50.3. The molecule has 792 valence electrons. The molecule has 10 aliphatic heterocycles. The number of piperidine rings is 4. The molecule has 2 N–H and O–H groups in total. The van der Waals surface area contributed by atoms with E-state index in [0.717, 1.165) is 248 Å². The van der Waals surface area contributed by atoms with Crippen LogP contribution in [-0.2, 0) is 29.4 Å².